The van der Waals surface area contributed by atoms with E-state index < -0.39 is 5.82 Å². The van der Waals surface area contributed by atoms with Gasteiger partial charge in [-0.25, -0.2) is 14.1 Å². The van der Waals surface area contributed by atoms with E-state index in [1.165, 1.54) is 6.07 Å². The molecule has 3 aromatic heterocycles. The third-order valence-electron chi connectivity index (χ3n) is 4.53. The molecule has 1 N–H and O–H groups in total. The second kappa shape index (κ2) is 6.50. The van der Waals surface area contributed by atoms with Crippen LogP contribution in [0.1, 0.15) is 6.42 Å². The van der Waals surface area contributed by atoms with Gasteiger partial charge in [0.05, 0.1) is 23.7 Å². The van der Waals surface area contributed by atoms with Crippen LogP contribution in [-0.2, 0) is 4.74 Å². The van der Waals surface area contributed by atoms with Crippen molar-refractivity contribution in [1.29, 1.82) is 0 Å². The first-order valence-corrected chi connectivity index (χ1v) is 9.28. The fourth-order valence-corrected chi connectivity index (χ4v) is 3.64. The van der Waals surface area contributed by atoms with Gasteiger partial charge in [-0.05, 0) is 34.5 Å². The summed E-state index contributed by atoms with van der Waals surface area (Å²) in [7, 11) is 0. The first-order chi connectivity index (χ1) is 13.2. The van der Waals surface area contributed by atoms with Gasteiger partial charge >= 0.3 is 0 Å². The van der Waals surface area contributed by atoms with Gasteiger partial charge in [0.2, 0.25) is 5.95 Å². The number of aromatic nitrogens is 5. The summed E-state index contributed by atoms with van der Waals surface area (Å²) in [5, 5.41) is 9.19. The molecule has 9 heteroatoms. The minimum atomic E-state index is -0.404. The summed E-state index contributed by atoms with van der Waals surface area (Å²) in [5.74, 6) is 0.0907. The first-order valence-electron chi connectivity index (χ1n) is 8.49. The molecule has 0 spiro atoms. The lowest BCUT2D eigenvalue weighted by molar-refractivity contribution is 0.195. The third-order valence-corrected chi connectivity index (χ3v) is 5.12. The van der Waals surface area contributed by atoms with Crippen LogP contribution >= 0.6 is 15.9 Å². The average molecular weight is 429 g/mol. The maximum Gasteiger partial charge on any atom is 0.225 e. The third kappa shape index (κ3) is 2.92. The molecule has 1 unspecified atom stereocenters. The smallest absolute Gasteiger partial charge is 0.225 e. The average Bonchev–Trinajstić information content (AvgIpc) is 3.30. The molecule has 7 nitrogen and oxygen atoms in total. The molecule has 136 valence electrons. The number of pyridine rings is 1. The fraction of sp³-hybridized carbons (Fsp3) is 0.222. The standard InChI is InChI=1S/C18H14BrFN6O/c19-16-13-8-22-18(23-11-3-5-27-9-11)24-17(13)26(25-16)12-6-10-2-1-4-21-15(10)14(20)7-12/h1-2,4,6-8,11H,3,5,9H2,(H,22,23,24). The quantitative estimate of drug-likeness (QED) is 0.538. The van der Waals surface area contributed by atoms with Gasteiger partial charge in [0.15, 0.2) is 11.5 Å². The molecule has 0 amide bonds. The number of halogens is 2. The van der Waals surface area contributed by atoms with E-state index >= 15 is 0 Å². The van der Waals surface area contributed by atoms with E-state index in [0.29, 0.717) is 39.4 Å². The topological polar surface area (TPSA) is 77.8 Å². The SMILES string of the molecule is Fc1cc(-n2nc(Br)c3cnc(NC4CCOC4)nc32)cc2cccnc12. The highest BCUT2D eigenvalue weighted by molar-refractivity contribution is 9.10. The number of hydrogen-bond donors (Lipinski definition) is 1. The molecule has 1 aromatic carbocycles. The van der Waals surface area contributed by atoms with Gasteiger partial charge < -0.3 is 10.1 Å². The molecule has 0 saturated carbocycles. The van der Waals surface area contributed by atoms with Crippen molar-refractivity contribution in [3.63, 3.8) is 0 Å². The number of nitrogens with zero attached hydrogens (tertiary/aromatic N) is 5. The van der Waals surface area contributed by atoms with Crippen LogP contribution in [0.5, 0.6) is 0 Å². The number of ether oxygens (including phenoxy) is 1. The first kappa shape index (κ1) is 16.5. The fourth-order valence-electron chi connectivity index (χ4n) is 3.20. The molecular formula is C18H14BrFN6O. The van der Waals surface area contributed by atoms with Crippen LogP contribution in [0.25, 0.3) is 27.6 Å². The summed E-state index contributed by atoms with van der Waals surface area (Å²) < 4.78 is 22.1. The van der Waals surface area contributed by atoms with E-state index in [0.717, 1.165) is 18.4 Å². The van der Waals surface area contributed by atoms with Crippen LogP contribution in [0, 0.1) is 5.82 Å². The lowest BCUT2D eigenvalue weighted by Gasteiger charge is -2.10. The molecule has 1 saturated heterocycles. The predicted octanol–water partition coefficient (Wildman–Crippen LogP) is 3.47. The Morgan fingerprint density at radius 1 is 1.30 bits per heavy atom. The zero-order chi connectivity index (χ0) is 18.4. The lowest BCUT2D eigenvalue weighted by Crippen LogP contribution is -2.20. The van der Waals surface area contributed by atoms with Crippen molar-refractivity contribution in [2.75, 3.05) is 18.5 Å². The van der Waals surface area contributed by atoms with Gasteiger partial charge in [-0.15, -0.1) is 0 Å². The van der Waals surface area contributed by atoms with Gasteiger partial charge in [0.25, 0.3) is 0 Å². The largest absolute Gasteiger partial charge is 0.379 e. The normalized spacial score (nSPS) is 17.0. The Bertz CT molecular complexity index is 1160. The molecule has 0 bridgehead atoms. The number of fused-ring (bicyclic) bond motifs is 2. The van der Waals surface area contributed by atoms with Crippen molar-refractivity contribution in [2.24, 2.45) is 0 Å². The van der Waals surface area contributed by atoms with Crippen molar-refractivity contribution >= 4 is 43.8 Å². The van der Waals surface area contributed by atoms with Crippen molar-refractivity contribution in [3.05, 3.63) is 47.1 Å². The predicted molar refractivity (Wildman–Crippen MR) is 102 cm³/mol. The molecule has 1 aliphatic rings. The number of hydrogen-bond acceptors (Lipinski definition) is 6. The van der Waals surface area contributed by atoms with Crippen LogP contribution < -0.4 is 5.32 Å². The lowest BCUT2D eigenvalue weighted by atomic mass is 10.2. The number of benzene rings is 1. The van der Waals surface area contributed by atoms with E-state index in [4.69, 9.17) is 4.74 Å². The summed E-state index contributed by atoms with van der Waals surface area (Å²) in [6.45, 7) is 1.36. The molecule has 1 fully saturated rings. The Balaban J connectivity index is 1.64. The maximum absolute atomic E-state index is 14.5. The van der Waals surface area contributed by atoms with Crippen LogP contribution in [0.15, 0.2) is 41.3 Å². The Morgan fingerprint density at radius 3 is 3.07 bits per heavy atom. The molecule has 4 heterocycles. The Hall–Kier alpha value is -2.65. The van der Waals surface area contributed by atoms with E-state index in [9.17, 15) is 4.39 Å². The van der Waals surface area contributed by atoms with Gasteiger partial charge in [0, 0.05) is 30.5 Å². The monoisotopic (exact) mass is 428 g/mol. The maximum atomic E-state index is 14.5. The highest BCUT2D eigenvalue weighted by Crippen LogP contribution is 2.27. The van der Waals surface area contributed by atoms with Crippen LogP contribution in [-0.4, -0.2) is 44.0 Å². The summed E-state index contributed by atoms with van der Waals surface area (Å²) in [4.78, 5) is 13.1. The van der Waals surface area contributed by atoms with Gasteiger partial charge in [-0.2, -0.15) is 10.1 Å². The molecule has 27 heavy (non-hydrogen) atoms. The highest BCUT2D eigenvalue weighted by atomic mass is 79.9. The van der Waals surface area contributed by atoms with E-state index in [1.807, 2.05) is 12.1 Å². The van der Waals surface area contributed by atoms with Gasteiger partial charge in [-0.3, -0.25) is 4.98 Å². The summed E-state index contributed by atoms with van der Waals surface area (Å²) >= 11 is 3.44. The minimum absolute atomic E-state index is 0.187. The molecule has 0 aliphatic carbocycles. The van der Waals surface area contributed by atoms with Crippen LogP contribution in [0.4, 0.5) is 10.3 Å². The Kier molecular flexibility index (Phi) is 3.98. The van der Waals surface area contributed by atoms with E-state index in [-0.39, 0.29) is 6.04 Å². The van der Waals surface area contributed by atoms with Crippen molar-refractivity contribution < 1.29 is 9.13 Å². The van der Waals surface area contributed by atoms with Crippen LogP contribution in [0.3, 0.4) is 0 Å². The van der Waals surface area contributed by atoms with E-state index in [1.54, 1.807) is 23.1 Å². The van der Waals surface area contributed by atoms with Crippen LogP contribution in [0.2, 0.25) is 0 Å². The molecule has 4 aromatic rings. The number of nitrogens with one attached hydrogen (secondary N) is 1. The van der Waals surface area contributed by atoms with Crippen molar-refractivity contribution in [3.8, 4) is 5.69 Å². The molecule has 1 atom stereocenters. The number of anilines is 1. The second-order valence-corrected chi connectivity index (χ2v) is 7.09. The van der Waals surface area contributed by atoms with Gasteiger partial charge in [0.1, 0.15) is 10.1 Å². The second-order valence-electron chi connectivity index (χ2n) is 6.34. The Morgan fingerprint density at radius 2 is 2.22 bits per heavy atom. The summed E-state index contributed by atoms with van der Waals surface area (Å²) in [6, 6.07) is 7.03. The molecule has 1 aliphatic heterocycles. The zero-order valence-electron chi connectivity index (χ0n) is 14.1. The van der Waals surface area contributed by atoms with Gasteiger partial charge in [-0.1, -0.05) is 6.07 Å². The molecule has 0 radical (unpaired) electrons. The minimum Gasteiger partial charge on any atom is -0.379 e. The van der Waals surface area contributed by atoms with Crippen molar-refractivity contribution in [2.45, 2.75) is 12.5 Å². The summed E-state index contributed by atoms with van der Waals surface area (Å²) in [6.07, 6.45) is 4.18. The summed E-state index contributed by atoms with van der Waals surface area (Å²) in [5.41, 5.74) is 1.48. The number of rotatable bonds is 3. The van der Waals surface area contributed by atoms with Crippen molar-refractivity contribution in [1.82, 2.24) is 24.7 Å². The zero-order valence-corrected chi connectivity index (χ0v) is 15.6. The highest BCUT2D eigenvalue weighted by Gasteiger charge is 2.19. The molecule has 5 rings (SSSR count). The molecular weight excluding hydrogens is 415 g/mol. The van der Waals surface area contributed by atoms with E-state index in [2.05, 4.69) is 41.3 Å². The Labute approximate surface area is 161 Å².